The Balaban J connectivity index is 2.25. The second kappa shape index (κ2) is 8.08. The zero-order valence-corrected chi connectivity index (χ0v) is 17.2. The lowest BCUT2D eigenvalue weighted by atomic mass is 9.97. The van der Waals surface area contributed by atoms with E-state index in [-0.39, 0.29) is 5.91 Å². The maximum Gasteiger partial charge on any atom is 0.254 e. The van der Waals surface area contributed by atoms with Crippen LogP contribution >= 0.6 is 0 Å². The van der Waals surface area contributed by atoms with Crippen LogP contribution in [0, 0.1) is 0 Å². The first kappa shape index (κ1) is 19.3. The predicted octanol–water partition coefficient (Wildman–Crippen LogP) is 5.53. The van der Waals surface area contributed by atoms with Gasteiger partial charge in [-0.25, -0.2) is 0 Å². The van der Waals surface area contributed by atoms with E-state index in [1.807, 2.05) is 24.8 Å². The van der Waals surface area contributed by atoms with Gasteiger partial charge in [-0.1, -0.05) is 25.1 Å². The van der Waals surface area contributed by atoms with E-state index in [2.05, 4.69) is 61.8 Å². The van der Waals surface area contributed by atoms with E-state index in [0.717, 1.165) is 36.9 Å². The SMILES string of the molecule is C/C=C/C1=[N+](C(C)CCC)c2ccc(C(=O)N(CC)CC)c3cccc1c23. The molecular formula is C24H31N2O+. The number of rotatable bonds is 7. The van der Waals surface area contributed by atoms with Crippen molar-refractivity contribution < 1.29 is 9.37 Å². The quantitative estimate of drug-likeness (QED) is 0.593. The standard InChI is InChI=1S/C24H31N2O/c1-6-11-17(5)26-21(12-7-2)20-14-10-13-18-19(15-16-22(26)23(18)20)24(27)25(8-3)9-4/h7,10,12-17H,6,8-9,11H2,1-5H3/q+1/b12-7+. The molecule has 3 nitrogen and oxygen atoms in total. The van der Waals surface area contributed by atoms with Crippen molar-refractivity contribution in [3.05, 3.63) is 53.6 Å². The molecule has 1 amide bonds. The van der Waals surface area contributed by atoms with Gasteiger partial charge in [0.05, 0.1) is 10.9 Å². The Morgan fingerprint density at radius 2 is 1.89 bits per heavy atom. The van der Waals surface area contributed by atoms with E-state index in [1.165, 1.54) is 22.3 Å². The van der Waals surface area contributed by atoms with Crippen molar-refractivity contribution >= 4 is 28.1 Å². The minimum Gasteiger partial charge on any atom is -0.339 e. The summed E-state index contributed by atoms with van der Waals surface area (Å²) >= 11 is 0. The second-order valence-corrected chi connectivity index (χ2v) is 7.23. The van der Waals surface area contributed by atoms with E-state index in [1.54, 1.807) is 0 Å². The van der Waals surface area contributed by atoms with Crippen molar-refractivity contribution in [3.63, 3.8) is 0 Å². The summed E-state index contributed by atoms with van der Waals surface area (Å²) in [4.78, 5) is 15.0. The highest BCUT2D eigenvalue weighted by Gasteiger charge is 2.35. The van der Waals surface area contributed by atoms with Crippen molar-refractivity contribution in [2.24, 2.45) is 0 Å². The molecule has 0 saturated carbocycles. The molecule has 1 aliphatic heterocycles. The van der Waals surface area contributed by atoms with Gasteiger partial charge in [0.1, 0.15) is 0 Å². The summed E-state index contributed by atoms with van der Waals surface area (Å²) in [5, 5.41) is 2.28. The van der Waals surface area contributed by atoms with E-state index in [0.29, 0.717) is 6.04 Å². The first-order valence-corrected chi connectivity index (χ1v) is 10.2. The molecule has 142 valence electrons. The lowest BCUT2D eigenvalue weighted by Crippen LogP contribution is -2.30. The fourth-order valence-electron chi connectivity index (χ4n) is 4.28. The number of hydrogen-bond acceptors (Lipinski definition) is 1. The Hall–Kier alpha value is -2.42. The number of allylic oxidation sites excluding steroid dienone is 2. The Morgan fingerprint density at radius 3 is 2.52 bits per heavy atom. The van der Waals surface area contributed by atoms with Gasteiger partial charge in [-0.15, -0.1) is 0 Å². The van der Waals surface area contributed by atoms with Crippen molar-refractivity contribution in [3.8, 4) is 0 Å². The smallest absolute Gasteiger partial charge is 0.254 e. The number of benzene rings is 2. The summed E-state index contributed by atoms with van der Waals surface area (Å²) in [7, 11) is 0. The van der Waals surface area contributed by atoms with Gasteiger partial charge in [-0.3, -0.25) is 4.79 Å². The Morgan fingerprint density at radius 1 is 1.15 bits per heavy atom. The molecule has 3 heteroatoms. The molecule has 3 rings (SSSR count). The van der Waals surface area contributed by atoms with Gasteiger partial charge >= 0.3 is 0 Å². The molecule has 1 unspecified atom stereocenters. The normalized spacial score (nSPS) is 14.4. The topological polar surface area (TPSA) is 23.3 Å². The lowest BCUT2D eigenvalue weighted by molar-refractivity contribution is -0.476. The molecule has 2 aromatic carbocycles. The molecule has 1 aliphatic rings. The molecule has 0 aromatic heterocycles. The summed E-state index contributed by atoms with van der Waals surface area (Å²) in [6.07, 6.45) is 6.59. The zero-order chi connectivity index (χ0) is 19.6. The number of carbonyl (C=O) groups excluding carboxylic acids is 1. The van der Waals surface area contributed by atoms with E-state index in [4.69, 9.17) is 0 Å². The fraction of sp³-hybridized carbons (Fsp3) is 0.417. The summed E-state index contributed by atoms with van der Waals surface area (Å²) in [5.74, 6) is 0.122. The molecular weight excluding hydrogens is 332 g/mol. The zero-order valence-electron chi connectivity index (χ0n) is 17.2. The summed E-state index contributed by atoms with van der Waals surface area (Å²) < 4.78 is 2.45. The molecule has 0 bridgehead atoms. The maximum atomic E-state index is 13.1. The van der Waals surface area contributed by atoms with Crippen LogP contribution in [-0.4, -0.2) is 40.2 Å². The first-order chi connectivity index (χ1) is 13.1. The van der Waals surface area contributed by atoms with E-state index >= 15 is 0 Å². The van der Waals surface area contributed by atoms with Crippen LogP contribution in [0.1, 0.15) is 63.4 Å². The van der Waals surface area contributed by atoms with Gasteiger partial charge in [0.25, 0.3) is 5.91 Å². The number of hydrogen-bond donors (Lipinski definition) is 0. The van der Waals surface area contributed by atoms with Crippen LogP contribution in [0.3, 0.4) is 0 Å². The Kier molecular flexibility index (Phi) is 5.79. The first-order valence-electron chi connectivity index (χ1n) is 10.2. The average Bonchev–Trinajstić information content (AvgIpc) is 2.99. The van der Waals surface area contributed by atoms with Crippen molar-refractivity contribution in [2.45, 2.75) is 53.5 Å². The summed E-state index contributed by atoms with van der Waals surface area (Å²) in [6, 6.07) is 10.9. The average molecular weight is 364 g/mol. The Labute approximate surface area is 163 Å². The molecule has 2 aromatic rings. The van der Waals surface area contributed by atoms with E-state index < -0.39 is 0 Å². The third kappa shape index (κ3) is 3.20. The summed E-state index contributed by atoms with van der Waals surface area (Å²) in [6.45, 7) is 12.1. The third-order valence-corrected chi connectivity index (χ3v) is 5.57. The van der Waals surface area contributed by atoms with Crippen LogP contribution in [0.15, 0.2) is 42.5 Å². The number of nitrogens with zero attached hydrogens (tertiary/aromatic N) is 2. The highest BCUT2D eigenvalue weighted by Crippen LogP contribution is 2.39. The highest BCUT2D eigenvalue weighted by atomic mass is 16.2. The van der Waals surface area contributed by atoms with Crippen LogP contribution in [-0.2, 0) is 0 Å². The van der Waals surface area contributed by atoms with Crippen LogP contribution in [0.2, 0.25) is 0 Å². The molecule has 27 heavy (non-hydrogen) atoms. The van der Waals surface area contributed by atoms with Crippen LogP contribution < -0.4 is 0 Å². The van der Waals surface area contributed by atoms with Gasteiger partial charge in [0.2, 0.25) is 11.4 Å². The van der Waals surface area contributed by atoms with Gasteiger partial charge in [-0.2, -0.15) is 4.58 Å². The Bertz CT molecular complexity index is 919. The molecule has 0 N–H and O–H groups in total. The number of amides is 1. The fourth-order valence-corrected chi connectivity index (χ4v) is 4.28. The van der Waals surface area contributed by atoms with Crippen molar-refractivity contribution in [2.75, 3.05) is 13.1 Å². The van der Waals surface area contributed by atoms with Gasteiger partial charge in [-0.05, 0) is 46.2 Å². The molecule has 0 radical (unpaired) electrons. The monoisotopic (exact) mass is 363 g/mol. The lowest BCUT2D eigenvalue weighted by Gasteiger charge is -2.19. The van der Waals surface area contributed by atoms with Crippen molar-refractivity contribution in [1.82, 2.24) is 4.90 Å². The predicted molar refractivity (Wildman–Crippen MR) is 114 cm³/mol. The molecule has 0 spiro atoms. The van der Waals surface area contributed by atoms with Gasteiger partial charge in [0, 0.05) is 42.6 Å². The third-order valence-electron chi connectivity index (χ3n) is 5.57. The minimum atomic E-state index is 0.122. The maximum absolute atomic E-state index is 13.1. The van der Waals surface area contributed by atoms with Gasteiger partial charge < -0.3 is 4.90 Å². The molecule has 0 fully saturated rings. The molecule has 0 aliphatic carbocycles. The van der Waals surface area contributed by atoms with Crippen LogP contribution in [0.25, 0.3) is 10.8 Å². The second-order valence-electron chi connectivity index (χ2n) is 7.23. The van der Waals surface area contributed by atoms with E-state index in [9.17, 15) is 4.79 Å². The summed E-state index contributed by atoms with van der Waals surface area (Å²) in [5.41, 5.74) is 4.51. The van der Waals surface area contributed by atoms with Gasteiger partial charge in [0.15, 0.2) is 6.04 Å². The van der Waals surface area contributed by atoms with Crippen LogP contribution in [0.5, 0.6) is 0 Å². The minimum absolute atomic E-state index is 0.122. The highest BCUT2D eigenvalue weighted by molar-refractivity contribution is 6.22. The molecule has 1 atom stereocenters. The molecule has 0 saturated heterocycles. The number of carbonyl (C=O) groups is 1. The largest absolute Gasteiger partial charge is 0.339 e. The van der Waals surface area contributed by atoms with Crippen molar-refractivity contribution in [1.29, 1.82) is 0 Å². The molecule has 1 heterocycles. The van der Waals surface area contributed by atoms with Crippen LogP contribution in [0.4, 0.5) is 5.69 Å².